The highest BCUT2D eigenvalue weighted by Crippen LogP contribution is 2.30. The van der Waals surface area contributed by atoms with Gasteiger partial charge in [-0.1, -0.05) is 23.2 Å². The smallest absolute Gasteiger partial charge is 0.224 e. The van der Waals surface area contributed by atoms with E-state index < -0.39 is 0 Å². The molecule has 0 saturated carbocycles. The first-order valence-electron chi connectivity index (χ1n) is 8.48. The highest BCUT2D eigenvalue weighted by Gasteiger charge is 2.12. The number of aromatic nitrogens is 1. The molecule has 0 radical (unpaired) electrons. The Kier molecular flexibility index (Phi) is 6.34. The van der Waals surface area contributed by atoms with Crippen molar-refractivity contribution in [1.29, 1.82) is 0 Å². The number of aryl methyl sites for hydroxylation is 1. The summed E-state index contributed by atoms with van der Waals surface area (Å²) in [6.45, 7) is 1.44. The standard InChI is InChI=1S/C20H17Cl2N3O3/c1-12(26)24-14-3-5-15(6-4-14)25-19(27)8-9-20-23-11-18(28-20)16-7-2-13(21)10-17(16)22/h2-7,10-11H,8-9H2,1H3,(H,24,26)(H,25,27). The van der Waals surface area contributed by atoms with Crippen LogP contribution in [0.3, 0.4) is 0 Å². The van der Waals surface area contributed by atoms with Crippen LogP contribution >= 0.6 is 23.2 Å². The molecule has 0 aliphatic carbocycles. The number of halogens is 2. The van der Waals surface area contributed by atoms with E-state index in [-0.39, 0.29) is 18.2 Å². The van der Waals surface area contributed by atoms with Gasteiger partial charge in [0, 0.05) is 41.7 Å². The van der Waals surface area contributed by atoms with Crippen LogP contribution in [0.4, 0.5) is 11.4 Å². The number of benzene rings is 2. The van der Waals surface area contributed by atoms with Gasteiger partial charge in [0.1, 0.15) is 0 Å². The van der Waals surface area contributed by atoms with Crippen LogP contribution in [-0.4, -0.2) is 16.8 Å². The molecule has 28 heavy (non-hydrogen) atoms. The van der Waals surface area contributed by atoms with Gasteiger partial charge in [-0.05, 0) is 42.5 Å². The summed E-state index contributed by atoms with van der Waals surface area (Å²) in [5.41, 5.74) is 1.99. The predicted molar refractivity (Wildman–Crippen MR) is 110 cm³/mol. The van der Waals surface area contributed by atoms with E-state index in [1.807, 2.05) is 0 Å². The molecule has 8 heteroatoms. The molecule has 0 saturated heterocycles. The van der Waals surface area contributed by atoms with Gasteiger partial charge in [-0.15, -0.1) is 0 Å². The maximum Gasteiger partial charge on any atom is 0.224 e. The van der Waals surface area contributed by atoms with Gasteiger partial charge in [0.15, 0.2) is 11.7 Å². The molecule has 0 atom stereocenters. The summed E-state index contributed by atoms with van der Waals surface area (Å²) in [5.74, 6) is 0.640. The molecule has 0 unspecified atom stereocenters. The van der Waals surface area contributed by atoms with Gasteiger partial charge in [-0.25, -0.2) is 4.98 Å². The Morgan fingerprint density at radius 3 is 2.36 bits per heavy atom. The summed E-state index contributed by atoms with van der Waals surface area (Å²) < 4.78 is 5.68. The number of nitrogens with one attached hydrogen (secondary N) is 2. The number of hydrogen-bond donors (Lipinski definition) is 2. The molecule has 0 aliphatic heterocycles. The average Bonchev–Trinajstić information content (AvgIpc) is 3.10. The molecule has 2 aromatic carbocycles. The second-order valence-corrected chi connectivity index (χ2v) is 6.89. The van der Waals surface area contributed by atoms with Crippen LogP contribution in [-0.2, 0) is 16.0 Å². The topological polar surface area (TPSA) is 84.2 Å². The van der Waals surface area contributed by atoms with E-state index in [1.54, 1.807) is 48.7 Å². The van der Waals surface area contributed by atoms with Crippen molar-refractivity contribution in [3.8, 4) is 11.3 Å². The monoisotopic (exact) mass is 417 g/mol. The second kappa shape index (κ2) is 8.91. The number of rotatable bonds is 6. The van der Waals surface area contributed by atoms with Crippen LogP contribution in [0.2, 0.25) is 10.0 Å². The largest absolute Gasteiger partial charge is 0.441 e. The fourth-order valence-corrected chi connectivity index (χ4v) is 3.03. The van der Waals surface area contributed by atoms with Gasteiger partial charge in [-0.2, -0.15) is 0 Å². The fourth-order valence-electron chi connectivity index (χ4n) is 2.52. The number of amides is 2. The van der Waals surface area contributed by atoms with Crippen molar-refractivity contribution in [2.24, 2.45) is 0 Å². The van der Waals surface area contributed by atoms with E-state index in [2.05, 4.69) is 15.6 Å². The van der Waals surface area contributed by atoms with Crippen molar-refractivity contribution < 1.29 is 14.0 Å². The van der Waals surface area contributed by atoms with Crippen LogP contribution in [0.25, 0.3) is 11.3 Å². The molecular formula is C20H17Cl2N3O3. The molecular weight excluding hydrogens is 401 g/mol. The molecule has 144 valence electrons. The van der Waals surface area contributed by atoms with Crippen LogP contribution < -0.4 is 10.6 Å². The Hall–Kier alpha value is -2.83. The summed E-state index contributed by atoms with van der Waals surface area (Å²) in [4.78, 5) is 27.3. The molecule has 0 spiro atoms. The van der Waals surface area contributed by atoms with Crippen molar-refractivity contribution >= 4 is 46.4 Å². The molecule has 0 fully saturated rings. The summed E-state index contributed by atoms with van der Waals surface area (Å²) in [7, 11) is 0. The summed E-state index contributed by atoms with van der Waals surface area (Å²) in [5, 5.41) is 6.46. The molecule has 3 aromatic rings. The Morgan fingerprint density at radius 1 is 1.04 bits per heavy atom. The van der Waals surface area contributed by atoms with Crippen molar-refractivity contribution in [3.63, 3.8) is 0 Å². The molecule has 2 N–H and O–H groups in total. The summed E-state index contributed by atoms with van der Waals surface area (Å²) in [6, 6.07) is 12.0. The van der Waals surface area contributed by atoms with Crippen molar-refractivity contribution in [2.75, 3.05) is 10.6 Å². The number of anilines is 2. The fraction of sp³-hybridized carbons (Fsp3) is 0.150. The molecule has 2 amide bonds. The van der Waals surface area contributed by atoms with Gasteiger partial charge in [0.2, 0.25) is 11.8 Å². The molecule has 6 nitrogen and oxygen atoms in total. The first kappa shape index (κ1) is 19.9. The predicted octanol–water partition coefficient (Wildman–Crippen LogP) is 5.18. The van der Waals surface area contributed by atoms with Crippen molar-refractivity contribution in [2.45, 2.75) is 19.8 Å². The lowest BCUT2D eigenvalue weighted by molar-refractivity contribution is -0.116. The van der Waals surface area contributed by atoms with Crippen LogP contribution in [0, 0.1) is 0 Å². The quantitative estimate of drug-likeness (QED) is 0.578. The van der Waals surface area contributed by atoms with E-state index in [0.717, 1.165) is 0 Å². The summed E-state index contributed by atoms with van der Waals surface area (Å²) >= 11 is 12.1. The molecule has 0 aliphatic rings. The molecule has 3 rings (SSSR count). The number of carbonyl (C=O) groups excluding carboxylic acids is 2. The normalized spacial score (nSPS) is 10.5. The minimum Gasteiger partial charge on any atom is -0.441 e. The van der Waals surface area contributed by atoms with E-state index in [0.29, 0.717) is 45.1 Å². The molecule has 1 aromatic heterocycles. The first-order valence-corrected chi connectivity index (χ1v) is 9.24. The second-order valence-electron chi connectivity index (χ2n) is 6.05. The van der Waals surface area contributed by atoms with Crippen LogP contribution in [0.1, 0.15) is 19.2 Å². The number of hydrogen-bond acceptors (Lipinski definition) is 4. The van der Waals surface area contributed by atoms with E-state index in [9.17, 15) is 9.59 Å². The third-order valence-corrected chi connectivity index (χ3v) is 4.35. The van der Waals surface area contributed by atoms with Gasteiger partial charge >= 0.3 is 0 Å². The number of nitrogens with zero attached hydrogens (tertiary/aromatic N) is 1. The third kappa shape index (κ3) is 5.34. The zero-order valence-corrected chi connectivity index (χ0v) is 16.5. The average molecular weight is 418 g/mol. The Labute approximate surface area is 171 Å². The molecule has 1 heterocycles. The Bertz CT molecular complexity index is 1000. The van der Waals surface area contributed by atoms with Gasteiger partial charge < -0.3 is 15.1 Å². The lowest BCUT2D eigenvalue weighted by Crippen LogP contribution is -2.12. The minimum atomic E-state index is -0.170. The highest BCUT2D eigenvalue weighted by molar-refractivity contribution is 6.36. The lowest BCUT2D eigenvalue weighted by Gasteiger charge is -2.06. The number of carbonyl (C=O) groups is 2. The summed E-state index contributed by atoms with van der Waals surface area (Å²) in [6.07, 6.45) is 2.13. The van der Waals surface area contributed by atoms with E-state index in [1.165, 1.54) is 6.92 Å². The van der Waals surface area contributed by atoms with Crippen molar-refractivity contribution in [3.05, 3.63) is 64.6 Å². The maximum absolute atomic E-state index is 12.1. The zero-order chi connectivity index (χ0) is 20.1. The SMILES string of the molecule is CC(=O)Nc1ccc(NC(=O)CCc2ncc(-c3ccc(Cl)cc3Cl)o2)cc1. The van der Waals surface area contributed by atoms with Crippen LogP contribution in [0.15, 0.2) is 53.1 Å². The van der Waals surface area contributed by atoms with E-state index in [4.69, 9.17) is 27.6 Å². The number of oxazole rings is 1. The van der Waals surface area contributed by atoms with Crippen molar-refractivity contribution in [1.82, 2.24) is 4.98 Å². The molecule has 0 bridgehead atoms. The first-order chi connectivity index (χ1) is 13.4. The lowest BCUT2D eigenvalue weighted by atomic mass is 10.2. The van der Waals surface area contributed by atoms with Gasteiger partial charge in [0.05, 0.1) is 11.2 Å². The highest BCUT2D eigenvalue weighted by atomic mass is 35.5. The van der Waals surface area contributed by atoms with Gasteiger partial charge in [0.25, 0.3) is 0 Å². The third-order valence-electron chi connectivity index (χ3n) is 3.81. The Morgan fingerprint density at radius 2 is 1.71 bits per heavy atom. The zero-order valence-electron chi connectivity index (χ0n) is 15.0. The Balaban J connectivity index is 1.55. The minimum absolute atomic E-state index is 0.151. The van der Waals surface area contributed by atoms with Crippen LogP contribution in [0.5, 0.6) is 0 Å². The van der Waals surface area contributed by atoms with E-state index >= 15 is 0 Å². The van der Waals surface area contributed by atoms with Gasteiger partial charge in [-0.3, -0.25) is 9.59 Å². The maximum atomic E-state index is 12.1.